The van der Waals surface area contributed by atoms with Crippen molar-refractivity contribution in [2.24, 2.45) is 0 Å². The Morgan fingerprint density at radius 2 is 2.06 bits per heavy atom. The fourth-order valence-electron chi connectivity index (χ4n) is 2.62. The Balaban J connectivity index is 1.95. The Morgan fingerprint density at radius 3 is 2.83 bits per heavy atom. The minimum atomic E-state index is -0.249. The smallest absolute Gasteiger partial charge is 0.408 e. The predicted octanol–water partition coefficient (Wildman–Crippen LogP) is 1.38. The topological polar surface area (TPSA) is 39.6 Å². The van der Waals surface area contributed by atoms with Crippen LogP contribution in [0.3, 0.4) is 0 Å². The van der Waals surface area contributed by atoms with Crippen LogP contribution in [0.4, 0.5) is 0 Å². The predicted molar refractivity (Wildman–Crippen MR) is 72.7 cm³/mol. The third-order valence-corrected chi connectivity index (χ3v) is 4.07. The van der Waals surface area contributed by atoms with E-state index in [0.717, 1.165) is 23.1 Å². The SMILES string of the molecule is O=c1oc2cc(Br)ccc2n1C[NH+]1CCCCC1. The van der Waals surface area contributed by atoms with Gasteiger partial charge in [-0.1, -0.05) is 15.9 Å². The number of fused-ring (bicyclic) bond motifs is 1. The average Bonchev–Trinajstić information content (AvgIpc) is 2.66. The quantitative estimate of drug-likeness (QED) is 0.910. The normalized spacial score (nSPS) is 17.4. The highest BCUT2D eigenvalue weighted by atomic mass is 79.9. The average molecular weight is 312 g/mol. The van der Waals surface area contributed by atoms with Crippen LogP contribution < -0.4 is 10.7 Å². The first-order valence-corrected chi connectivity index (χ1v) is 7.16. The fraction of sp³-hybridized carbons (Fsp3) is 0.462. The number of quaternary nitrogens is 1. The largest absolute Gasteiger partial charge is 0.424 e. The van der Waals surface area contributed by atoms with Gasteiger partial charge < -0.3 is 9.32 Å². The molecule has 4 nitrogen and oxygen atoms in total. The number of aromatic nitrogens is 1. The van der Waals surface area contributed by atoms with E-state index in [1.807, 2.05) is 18.2 Å². The molecular formula is C13H16BrN2O2+. The van der Waals surface area contributed by atoms with E-state index in [1.54, 1.807) is 4.57 Å². The van der Waals surface area contributed by atoms with Crippen molar-refractivity contribution in [2.45, 2.75) is 25.9 Å². The van der Waals surface area contributed by atoms with Gasteiger partial charge in [0, 0.05) is 4.47 Å². The van der Waals surface area contributed by atoms with E-state index in [9.17, 15) is 4.79 Å². The van der Waals surface area contributed by atoms with Crippen molar-refractivity contribution in [3.8, 4) is 0 Å². The van der Waals surface area contributed by atoms with Crippen LogP contribution >= 0.6 is 15.9 Å². The number of nitrogens with zero attached hydrogens (tertiary/aromatic N) is 1. The van der Waals surface area contributed by atoms with E-state index in [-0.39, 0.29) is 5.76 Å². The number of rotatable bonds is 2. The minimum absolute atomic E-state index is 0.249. The van der Waals surface area contributed by atoms with Gasteiger partial charge in [-0.25, -0.2) is 9.36 Å². The van der Waals surface area contributed by atoms with Crippen LogP contribution in [0.15, 0.2) is 31.9 Å². The summed E-state index contributed by atoms with van der Waals surface area (Å²) in [6.07, 6.45) is 3.83. The lowest BCUT2D eigenvalue weighted by molar-refractivity contribution is -0.927. The number of benzene rings is 1. The summed E-state index contributed by atoms with van der Waals surface area (Å²) in [4.78, 5) is 13.4. The second kappa shape index (κ2) is 4.90. The van der Waals surface area contributed by atoms with Crippen LogP contribution in [0.2, 0.25) is 0 Å². The summed E-state index contributed by atoms with van der Waals surface area (Å²) >= 11 is 3.39. The van der Waals surface area contributed by atoms with Crippen LogP contribution in [0, 0.1) is 0 Å². The number of likely N-dealkylation sites (tertiary alicyclic amines) is 1. The molecule has 18 heavy (non-hydrogen) atoms. The van der Waals surface area contributed by atoms with Gasteiger partial charge in [0.2, 0.25) is 0 Å². The van der Waals surface area contributed by atoms with E-state index in [2.05, 4.69) is 15.9 Å². The molecule has 0 saturated carbocycles. The highest BCUT2D eigenvalue weighted by molar-refractivity contribution is 9.10. The maximum Gasteiger partial charge on any atom is 0.424 e. The molecule has 3 rings (SSSR count). The van der Waals surface area contributed by atoms with Gasteiger partial charge in [-0.05, 0) is 37.5 Å². The Morgan fingerprint density at radius 1 is 1.28 bits per heavy atom. The molecule has 1 saturated heterocycles. The first kappa shape index (κ1) is 12.0. The maximum atomic E-state index is 11.9. The van der Waals surface area contributed by atoms with Crippen LogP contribution in [0.25, 0.3) is 11.1 Å². The molecule has 0 atom stereocenters. The third-order valence-electron chi connectivity index (χ3n) is 3.57. The molecule has 5 heteroatoms. The van der Waals surface area contributed by atoms with Crippen LogP contribution in [0.5, 0.6) is 0 Å². The van der Waals surface area contributed by atoms with Gasteiger partial charge in [0.15, 0.2) is 12.3 Å². The van der Waals surface area contributed by atoms with E-state index in [0.29, 0.717) is 12.3 Å². The molecule has 1 N–H and O–H groups in total. The molecule has 1 aliphatic rings. The molecule has 2 heterocycles. The van der Waals surface area contributed by atoms with Crippen molar-refractivity contribution in [1.82, 2.24) is 4.57 Å². The molecule has 0 amide bonds. The van der Waals surface area contributed by atoms with Gasteiger partial charge in [0.1, 0.15) is 0 Å². The van der Waals surface area contributed by atoms with E-state index < -0.39 is 0 Å². The number of halogens is 1. The number of piperidine rings is 1. The minimum Gasteiger partial charge on any atom is -0.408 e. The first-order valence-electron chi connectivity index (χ1n) is 6.36. The highest BCUT2D eigenvalue weighted by Crippen LogP contribution is 2.18. The zero-order valence-corrected chi connectivity index (χ0v) is 11.7. The third kappa shape index (κ3) is 2.24. The van der Waals surface area contributed by atoms with Crippen LogP contribution in [-0.4, -0.2) is 17.7 Å². The molecule has 1 aromatic carbocycles. The van der Waals surface area contributed by atoms with Crippen molar-refractivity contribution in [2.75, 3.05) is 13.1 Å². The van der Waals surface area contributed by atoms with Gasteiger partial charge in [-0.15, -0.1) is 0 Å². The summed E-state index contributed by atoms with van der Waals surface area (Å²) in [5.74, 6) is -0.249. The second-order valence-corrected chi connectivity index (χ2v) is 5.79. The van der Waals surface area contributed by atoms with Gasteiger partial charge in [0.05, 0.1) is 18.6 Å². The maximum absolute atomic E-state index is 11.9. The van der Waals surface area contributed by atoms with Crippen molar-refractivity contribution >= 4 is 27.0 Å². The van der Waals surface area contributed by atoms with Crippen LogP contribution in [0.1, 0.15) is 19.3 Å². The molecular weight excluding hydrogens is 296 g/mol. The molecule has 0 aliphatic carbocycles. The summed E-state index contributed by atoms with van der Waals surface area (Å²) in [7, 11) is 0. The van der Waals surface area contributed by atoms with Gasteiger partial charge in [0.25, 0.3) is 0 Å². The van der Waals surface area contributed by atoms with Crippen molar-refractivity contribution in [3.05, 3.63) is 33.2 Å². The van der Waals surface area contributed by atoms with E-state index >= 15 is 0 Å². The lowest BCUT2D eigenvalue weighted by Crippen LogP contribution is -3.12. The van der Waals surface area contributed by atoms with E-state index in [1.165, 1.54) is 24.2 Å². The molecule has 1 fully saturated rings. The molecule has 0 unspecified atom stereocenters. The summed E-state index contributed by atoms with van der Waals surface area (Å²) < 4.78 is 7.97. The molecule has 0 bridgehead atoms. The van der Waals surface area contributed by atoms with Gasteiger partial charge in [-0.3, -0.25) is 0 Å². The fourth-order valence-corrected chi connectivity index (χ4v) is 2.96. The molecule has 0 spiro atoms. The Labute approximate surface area is 113 Å². The summed E-state index contributed by atoms with van der Waals surface area (Å²) in [5, 5.41) is 0. The van der Waals surface area contributed by atoms with Crippen molar-refractivity contribution in [3.63, 3.8) is 0 Å². The van der Waals surface area contributed by atoms with Crippen molar-refractivity contribution in [1.29, 1.82) is 0 Å². The number of nitrogens with one attached hydrogen (secondary N) is 1. The van der Waals surface area contributed by atoms with Crippen LogP contribution in [-0.2, 0) is 6.67 Å². The standard InChI is InChI=1S/C13H15BrN2O2/c14-10-4-5-11-12(8-10)18-13(17)16(11)9-15-6-2-1-3-7-15/h4-5,8H,1-3,6-7,9H2/p+1. The lowest BCUT2D eigenvalue weighted by atomic mass is 10.1. The van der Waals surface area contributed by atoms with Crippen molar-refractivity contribution < 1.29 is 9.32 Å². The molecule has 1 aromatic heterocycles. The Bertz CT molecular complexity index is 611. The Kier molecular flexibility index (Phi) is 3.26. The second-order valence-electron chi connectivity index (χ2n) is 4.88. The first-order chi connectivity index (χ1) is 8.74. The van der Waals surface area contributed by atoms with Gasteiger partial charge >= 0.3 is 5.76 Å². The zero-order valence-electron chi connectivity index (χ0n) is 10.1. The van der Waals surface area contributed by atoms with Gasteiger partial charge in [-0.2, -0.15) is 0 Å². The summed E-state index contributed by atoms with van der Waals surface area (Å²) in [5.41, 5.74) is 1.55. The molecule has 96 valence electrons. The van der Waals surface area contributed by atoms with E-state index in [4.69, 9.17) is 4.42 Å². The monoisotopic (exact) mass is 311 g/mol. The molecule has 0 radical (unpaired) electrons. The summed E-state index contributed by atoms with van der Waals surface area (Å²) in [6, 6.07) is 5.73. The highest BCUT2D eigenvalue weighted by Gasteiger charge is 2.17. The number of oxazole rings is 1. The molecule has 2 aromatic rings. The lowest BCUT2D eigenvalue weighted by Gasteiger charge is -2.23. The summed E-state index contributed by atoms with van der Waals surface area (Å²) in [6.45, 7) is 3.01. The number of hydrogen-bond acceptors (Lipinski definition) is 2. The zero-order chi connectivity index (χ0) is 12.5. The Hall–Kier alpha value is -1.07. The molecule has 1 aliphatic heterocycles. The number of hydrogen-bond donors (Lipinski definition) is 1.